The molecule has 1 aliphatic carbocycles. The van der Waals surface area contributed by atoms with Crippen LogP contribution in [-0.4, -0.2) is 74.9 Å². The van der Waals surface area contributed by atoms with Gasteiger partial charge in [0.15, 0.2) is 0 Å². The maximum Gasteiger partial charge on any atom is 0.0590 e. The van der Waals surface area contributed by atoms with Crippen molar-refractivity contribution in [2.45, 2.75) is 25.8 Å². The van der Waals surface area contributed by atoms with Gasteiger partial charge in [-0.1, -0.05) is 0 Å². The molecule has 2 aliphatic rings. The van der Waals surface area contributed by atoms with E-state index in [1.807, 2.05) is 6.92 Å². The number of nitrogens with zero attached hydrogens (tertiary/aromatic N) is 2. The van der Waals surface area contributed by atoms with Gasteiger partial charge in [0.05, 0.1) is 6.61 Å². The number of rotatable bonds is 8. The molecule has 1 aliphatic heterocycles. The van der Waals surface area contributed by atoms with E-state index >= 15 is 0 Å². The fourth-order valence-corrected chi connectivity index (χ4v) is 2.44. The Labute approximate surface area is 105 Å². The van der Waals surface area contributed by atoms with Crippen molar-refractivity contribution in [2.24, 2.45) is 0 Å². The molecule has 1 saturated heterocycles. The van der Waals surface area contributed by atoms with E-state index in [9.17, 15) is 0 Å². The Morgan fingerprint density at radius 3 is 2.53 bits per heavy atom. The quantitative estimate of drug-likeness (QED) is 0.622. The Morgan fingerprint density at radius 2 is 1.88 bits per heavy atom. The third kappa shape index (κ3) is 4.92. The number of piperazine rings is 1. The number of ether oxygens (including phenoxy) is 1. The standard InChI is InChI=1S/C13H27N3O/c1-2-17-12-6-14-5-7-15-8-10-16(11-9-15)13-3-4-13/h13-14H,2-12H2,1H3. The van der Waals surface area contributed by atoms with Crippen LogP contribution in [0.15, 0.2) is 0 Å². The molecular weight excluding hydrogens is 214 g/mol. The molecule has 0 aromatic rings. The molecule has 4 heteroatoms. The van der Waals surface area contributed by atoms with Crippen molar-refractivity contribution in [3.05, 3.63) is 0 Å². The van der Waals surface area contributed by atoms with Crippen molar-refractivity contribution >= 4 is 0 Å². The summed E-state index contributed by atoms with van der Waals surface area (Å²) in [6.07, 6.45) is 2.89. The summed E-state index contributed by atoms with van der Waals surface area (Å²) in [5, 5.41) is 3.43. The summed E-state index contributed by atoms with van der Waals surface area (Å²) in [6.45, 7) is 12.0. The van der Waals surface area contributed by atoms with Crippen LogP contribution in [-0.2, 0) is 4.74 Å². The van der Waals surface area contributed by atoms with Gasteiger partial charge in [0.2, 0.25) is 0 Å². The smallest absolute Gasteiger partial charge is 0.0590 e. The molecule has 2 rings (SSSR count). The Kier molecular flexibility index (Phi) is 5.71. The molecule has 17 heavy (non-hydrogen) atoms. The lowest BCUT2D eigenvalue weighted by Crippen LogP contribution is -2.48. The van der Waals surface area contributed by atoms with Gasteiger partial charge in [0.1, 0.15) is 0 Å². The second-order valence-electron chi connectivity index (χ2n) is 5.06. The first-order chi connectivity index (χ1) is 8.40. The van der Waals surface area contributed by atoms with Crippen molar-refractivity contribution < 1.29 is 4.74 Å². The van der Waals surface area contributed by atoms with E-state index in [1.165, 1.54) is 45.6 Å². The molecule has 0 aromatic heterocycles. The lowest BCUT2D eigenvalue weighted by Gasteiger charge is -2.34. The fraction of sp³-hybridized carbons (Fsp3) is 1.00. The summed E-state index contributed by atoms with van der Waals surface area (Å²) in [5.41, 5.74) is 0. The predicted molar refractivity (Wildman–Crippen MR) is 70.4 cm³/mol. The van der Waals surface area contributed by atoms with Crippen molar-refractivity contribution in [1.82, 2.24) is 15.1 Å². The molecule has 0 amide bonds. The summed E-state index contributed by atoms with van der Waals surface area (Å²) >= 11 is 0. The second kappa shape index (κ2) is 7.31. The van der Waals surface area contributed by atoms with Crippen LogP contribution >= 0.6 is 0 Å². The van der Waals surface area contributed by atoms with Crippen molar-refractivity contribution in [3.8, 4) is 0 Å². The zero-order valence-electron chi connectivity index (χ0n) is 11.2. The maximum absolute atomic E-state index is 5.29. The number of hydrogen-bond acceptors (Lipinski definition) is 4. The number of hydrogen-bond donors (Lipinski definition) is 1. The van der Waals surface area contributed by atoms with Crippen molar-refractivity contribution in [3.63, 3.8) is 0 Å². The molecule has 0 bridgehead atoms. The highest BCUT2D eigenvalue weighted by Crippen LogP contribution is 2.27. The van der Waals surface area contributed by atoms with Gasteiger partial charge in [0, 0.05) is 58.5 Å². The monoisotopic (exact) mass is 241 g/mol. The normalized spacial score (nSPS) is 23.1. The minimum absolute atomic E-state index is 0.824. The molecule has 0 atom stereocenters. The van der Waals surface area contributed by atoms with E-state index in [2.05, 4.69) is 15.1 Å². The zero-order chi connectivity index (χ0) is 11.9. The van der Waals surface area contributed by atoms with Crippen LogP contribution in [0, 0.1) is 0 Å². The summed E-state index contributed by atoms with van der Waals surface area (Å²) in [6, 6.07) is 0.946. The van der Waals surface area contributed by atoms with Gasteiger partial charge in [-0.05, 0) is 19.8 Å². The zero-order valence-corrected chi connectivity index (χ0v) is 11.2. The molecule has 2 fully saturated rings. The van der Waals surface area contributed by atoms with Crippen molar-refractivity contribution in [1.29, 1.82) is 0 Å². The summed E-state index contributed by atoms with van der Waals surface area (Å²) in [5.74, 6) is 0. The molecule has 0 spiro atoms. The Bertz CT molecular complexity index is 201. The minimum atomic E-state index is 0.824. The van der Waals surface area contributed by atoms with Crippen LogP contribution in [0.5, 0.6) is 0 Å². The van der Waals surface area contributed by atoms with Gasteiger partial charge in [-0.25, -0.2) is 0 Å². The molecular formula is C13H27N3O. The lowest BCUT2D eigenvalue weighted by atomic mass is 10.3. The highest BCUT2D eigenvalue weighted by molar-refractivity contribution is 4.87. The first kappa shape index (κ1) is 13.3. The molecule has 0 aromatic carbocycles. The SMILES string of the molecule is CCOCCNCCN1CCN(C2CC2)CC1. The van der Waals surface area contributed by atoms with Gasteiger partial charge in [-0.15, -0.1) is 0 Å². The molecule has 0 unspecified atom stereocenters. The van der Waals surface area contributed by atoms with E-state index < -0.39 is 0 Å². The van der Waals surface area contributed by atoms with Gasteiger partial charge in [-0.3, -0.25) is 9.80 Å². The second-order valence-corrected chi connectivity index (χ2v) is 5.06. The number of nitrogens with one attached hydrogen (secondary N) is 1. The van der Waals surface area contributed by atoms with Crippen LogP contribution in [0.4, 0.5) is 0 Å². The van der Waals surface area contributed by atoms with Crippen LogP contribution in [0.3, 0.4) is 0 Å². The highest BCUT2D eigenvalue weighted by Gasteiger charge is 2.30. The van der Waals surface area contributed by atoms with Crippen LogP contribution in [0.25, 0.3) is 0 Å². The van der Waals surface area contributed by atoms with Gasteiger partial charge in [-0.2, -0.15) is 0 Å². The van der Waals surface area contributed by atoms with E-state index in [0.29, 0.717) is 0 Å². The van der Waals surface area contributed by atoms with Gasteiger partial charge in [0.25, 0.3) is 0 Å². The highest BCUT2D eigenvalue weighted by atomic mass is 16.5. The average molecular weight is 241 g/mol. The Balaban J connectivity index is 1.44. The summed E-state index contributed by atoms with van der Waals surface area (Å²) in [4.78, 5) is 5.24. The largest absolute Gasteiger partial charge is 0.380 e. The van der Waals surface area contributed by atoms with E-state index in [0.717, 1.165) is 32.3 Å². The Morgan fingerprint density at radius 1 is 1.12 bits per heavy atom. The van der Waals surface area contributed by atoms with Crippen molar-refractivity contribution in [2.75, 3.05) is 59.0 Å². The predicted octanol–water partition coefficient (Wildman–Crippen LogP) is 0.393. The molecule has 0 radical (unpaired) electrons. The van der Waals surface area contributed by atoms with Gasteiger partial charge < -0.3 is 10.1 Å². The van der Waals surface area contributed by atoms with Crippen LogP contribution < -0.4 is 5.32 Å². The van der Waals surface area contributed by atoms with Gasteiger partial charge >= 0.3 is 0 Å². The van der Waals surface area contributed by atoms with E-state index in [1.54, 1.807) is 0 Å². The third-order valence-electron chi connectivity index (χ3n) is 3.70. The topological polar surface area (TPSA) is 27.7 Å². The molecule has 1 N–H and O–H groups in total. The fourth-order valence-electron chi connectivity index (χ4n) is 2.44. The molecule has 1 saturated carbocycles. The molecule has 100 valence electrons. The van der Waals surface area contributed by atoms with Crippen LogP contribution in [0.1, 0.15) is 19.8 Å². The summed E-state index contributed by atoms with van der Waals surface area (Å²) in [7, 11) is 0. The van der Waals surface area contributed by atoms with E-state index in [4.69, 9.17) is 4.74 Å². The molecule has 4 nitrogen and oxygen atoms in total. The Hall–Kier alpha value is -0.160. The van der Waals surface area contributed by atoms with E-state index in [-0.39, 0.29) is 0 Å². The summed E-state index contributed by atoms with van der Waals surface area (Å²) < 4.78 is 5.29. The average Bonchev–Trinajstić information content (AvgIpc) is 3.19. The first-order valence-electron chi connectivity index (χ1n) is 7.15. The van der Waals surface area contributed by atoms with Crippen LogP contribution in [0.2, 0.25) is 0 Å². The minimum Gasteiger partial charge on any atom is -0.380 e. The third-order valence-corrected chi connectivity index (χ3v) is 3.70. The first-order valence-corrected chi connectivity index (χ1v) is 7.15. The maximum atomic E-state index is 5.29. The lowest BCUT2D eigenvalue weighted by molar-refractivity contribution is 0.124. The molecule has 1 heterocycles.